The first-order chi connectivity index (χ1) is 8.88. The third-order valence-corrected chi connectivity index (χ3v) is 2.27. The lowest BCUT2D eigenvalue weighted by molar-refractivity contribution is -0.141. The molecular weight excluding hydrogens is 265 g/mol. The minimum Gasteiger partial charge on any atom is -0.478 e. The molecule has 0 amide bonds. The average molecular weight is 272 g/mol. The molecule has 100 valence electrons. The summed E-state index contributed by atoms with van der Waals surface area (Å²) in [6, 6.07) is 0.807. The van der Waals surface area contributed by atoms with Gasteiger partial charge in [0.05, 0.1) is 12.2 Å². The maximum Gasteiger partial charge on any atom is 0.435 e. The van der Waals surface area contributed by atoms with Gasteiger partial charge in [-0.2, -0.15) is 18.3 Å². The standard InChI is InChI=1S/C10H7F3N4O2/c11-10(12,13)8-1-2-17(16-8)4-7-6(9(18)19)3-14-5-15-7/h1-3,5H,4H2,(H,18,19). The number of carboxylic acid groups (broad SMARTS) is 1. The molecule has 0 aliphatic heterocycles. The van der Waals surface area contributed by atoms with Crippen LogP contribution >= 0.6 is 0 Å². The molecule has 0 atom stereocenters. The first-order valence-electron chi connectivity index (χ1n) is 5.01. The first-order valence-corrected chi connectivity index (χ1v) is 5.01. The van der Waals surface area contributed by atoms with Crippen LogP contribution in [0.3, 0.4) is 0 Å². The smallest absolute Gasteiger partial charge is 0.435 e. The van der Waals surface area contributed by atoms with Crippen LogP contribution in [0.5, 0.6) is 0 Å². The number of aromatic nitrogens is 4. The lowest BCUT2D eigenvalue weighted by Crippen LogP contribution is -2.12. The van der Waals surface area contributed by atoms with Crippen LogP contribution in [0.25, 0.3) is 0 Å². The second-order valence-electron chi connectivity index (χ2n) is 3.58. The van der Waals surface area contributed by atoms with E-state index in [1.807, 2.05) is 0 Å². The van der Waals surface area contributed by atoms with E-state index in [2.05, 4.69) is 15.1 Å². The molecule has 0 aliphatic carbocycles. The topological polar surface area (TPSA) is 80.9 Å². The van der Waals surface area contributed by atoms with Gasteiger partial charge < -0.3 is 5.11 Å². The Balaban J connectivity index is 2.27. The SMILES string of the molecule is O=C(O)c1cncnc1Cn1ccc(C(F)(F)F)n1. The van der Waals surface area contributed by atoms with Gasteiger partial charge in [0, 0.05) is 12.4 Å². The van der Waals surface area contributed by atoms with E-state index in [9.17, 15) is 18.0 Å². The number of alkyl halides is 3. The molecule has 1 N–H and O–H groups in total. The third-order valence-electron chi connectivity index (χ3n) is 2.27. The van der Waals surface area contributed by atoms with Crippen molar-refractivity contribution in [2.45, 2.75) is 12.7 Å². The Morgan fingerprint density at radius 2 is 2.16 bits per heavy atom. The summed E-state index contributed by atoms with van der Waals surface area (Å²) in [5.41, 5.74) is -1.13. The molecule has 0 bridgehead atoms. The van der Waals surface area contributed by atoms with Crippen molar-refractivity contribution in [1.82, 2.24) is 19.7 Å². The van der Waals surface area contributed by atoms with Crippen molar-refractivity contribution in [2.24, 2.45) is 0 Å². The van der Waals surface area contributed by atoms with E-state index in [0.717, 1.165) is 29.5 Å². The number of hydrogen-bond acceptors (Lipinski definition) is 4. The Morgan fingerprint density at radius 1 is 1.42 bits per heavy atom. The van der Waals surface area contributed by atoms with Crippen molar-refractivity contribution in [3.05, 3.63) is 41.7 Å². The van der Waals surface area contributed by atoms with Gasteiger partial charge in [-0.25, -0.2) is 14.8 Å². The molecule has 19 heavy (non-hydrogen) atoms. The number of carbonyl (C=O) groups is 1. The summed E-state index contributed by atoms with van der Waals surface area (Å²) in [5, 5.41) is 12.2. The van der Waals surface area contributed by atoms with Crippen molar-refractivity contribution < 1.29 is 23.1 Å². The normalized spacial score (nSPS) is 11.5. The molecule has 2 heterocycles. The number of rotatable bonds is 3. The molecule has 0 unspecified atom stereocenters. The monoisotopic (exact) mass is 272 g/mol. The minimum absolute atomic E-state index is 0.0827. The lowest BCUT2D eigenvalue weighted by Gasteiger charge is -2.05. The van der Waals surface area contributed by atoms with Gasteiger partial charge in [-0.3, -0.25) is 4.68 Å². The fourth-order valence-electron chi connectivity index (χ4n) is 1.41. The first kappa shape index (κ1) is 13.0. The number of halogens is 3. The maximum absolute atomic E-state index is 12.4. The highest BCUT2D eigenvalue weighted by molar-refractivity contribution is 5.88. The molecule has 0 aliphatic rings. The summed E-state index contributed by atoms with van der Waals surface area (Å²) in [5.74, 6) is -1.25. The van der Waals surface area contributed by atoms with Crippen LogP contribution in [0, 0.1) is 0 Å². The predicted octanol–water partition coefficient (Wildman–Crippen LogP) is 1.44. The predicted molar refractivity (Wildman–Crippen MR) is 55.3 cm³/mol. The molecule has 9 heteroatoms. The molecule has 2 rings (SSSR count). The van der Waals surface area contributed by atoms with Crippen LogP contribution in [-0.2, 0) is 12.7 Å². The van der Waals surface area contributed by atoms with E-state index in [0.29, 0.717) is 0 Å². The molecule has 2 aromatic rings. The highest BCUT2D eigenvalue weighted by Crippen LogP contribution is 2.27. The maximum atomic E-state index is 12.4. The van der Waals surface area contributed by atoms with Crippen molar-refractivity contribution >= 4 is 5.97 Å². The van der Waals surface area contributed by atoms with Crippen LogP contribution in [0.2, 0.25) is 0 Å². The highest BCUT2D eigenvalue weighted by Gasteiger charge is 2.33. The molecule has 0 radical (unpaired) electrons. The molecule has 0 fully saturated rings. The Hall–Kier alpha value is -2.45. The summed E-state index contributed by atoms with van der Waals surface area (Å²) in [7, 11) is 0. The fourth-order valence-corrected chi connectivity index (χ4v) is 1.41. The number of hydrogen-bond donors (Lipinski definition) is 1. The van der Waals surface area contributed by atoms with Crippen LogP contribution in [0.15, 0.2) is 24.8 Å². The van der Waals surface area contributed by atoms with Gasteiger partial charge in [0.2, 0.25) is 0 Å². The van der Waals surface area contributed by atoms with Gasteiger partial charge in [-0.05, 0) is 6.07 Å². The summed E-state index contributed by atoms with van der Waals surface area (Å²) in [4.78, 5) is 18.2. The summed E-state index contributed by atoms with van der Waals surface area (Å²) < 4.78 is 38.0. The van der Waals surface area contributed by atoms with E-state index in [1.54, 1.807) is 0 Å². The Bertz CT molecular complexity index is 609. The van der Waals surface area contributed by atoms with Gasteiger partial charge >= 0.3 is 12.1 Å². The van der Waals surface area contributed by atoms with Gasteiger partial charge in [0.15, 0.2) is 5.69 Å². The zero-order chi connectivity index (χ0) is 14.0. The summed E-state index contributed by atoms with van der Waals surface area (Å²) in [6.07, 6.45) is -1.22. The average Bonchev–Trinajstić information content (AvgIpc) is 2.77. The zero-order valence-corrected chi connectivity index (χ0v) is 9.29. The Labute approximate surface area is 104 Å². The van der Waals surface area contributed by atoms with Gasteiger partial charge in [-0.1, -0.05) is 0 Å². The fraction of sp³-hybridized carbons (Fsp3) is 0.200. The van der Waals surface area contributed by atoms with E-state index < -0.39 is 17.8 Å². The largest absolute Gasteiger partial charge is 0.478 e. The molecule has 6 nitrogen and oxygen atoms in total. The number of carboxylic acids is 1. The van der Waals surface area contributed by atoms with Crippen molar-refractivity contribution in [1.29, 1.82) is 0 Å². The van der Waals surface area contributed by atoms with Gasteiger partial charge in [-0.15, -0.1) is 0 Å². The second kappa shape index (κ2) is 4.67. The van der Waals surface area contributed by atoms with E-state index in [1.165, 1.54) is 0 Å². The number of nitrogens with zero attached hydrogens (tertiary/aromatic N) is 4. The van der Waals surface area contributed by atoms with E-state index in [-0.39, 0.29) is 17.8 Å². The lowest BCUT2D eigenvalue weighted by atomic mass is 10.2. The minimum atomic E-state index is -4.54. The van der Waals surface area contributed by atoms with E-state index >= 15 is 0 Å². The molecule has 2 aromatic heterocycles. The highest BCUT2D eigenvalue weighted by atomic mass is 19.4. The summed E-state index contributed by atoms with van der Waals surface area (Å²) in [6.45, 7) is -0.180. The molecule has 0 saturated heterocycles. The van der Waals surface area contributed by atoms with Crippen molar-refractivity contribution in [3.63, 3.8) is 0 Å². The Morgan fingerprint density at radius 3 is 2.74 bits per heavy atom. The third kappa shape index (κ3) is 2.87. The van der Waals surface area contributed by atoms with Crippen LogP contribution < -0.4 is 0 Å². The molecule has 0 aromatic carbocycles. The van der Waals surface area contributed by atoms with Crippen molar-refractivity contribution in [2.75, 3.05) is 0 Å². The van der Waals surface area contributed by atoms with Crippen LogP contribution in [-0.4, -0.2) is 30.8 Å². The van der Waals surface area contributed by atoms with Crippen LogP contribution in [0.1, 0.15) is 21.7 Å². The molecule has 0 saturated carbocycles. The van der Waals surface area contributed by atoms with Gasteiger partial charge in [0.25, 0.3) is 0 Å². The van der Waals surface area contributed by atoms with E-state index in [4.69, 9.17) is 5.11 Å². The second-order valence-corrected chi connectivity index (χ2v) is 3.58. The van der Waals surface area contributed by atoms with Gasteiger partial charge in [0.1, 0.15) is 11.9 Å². The quantitative estimate of drug-likeness (QED) is 0.914. The summed E-state index contributed by atoms with van der Waals surface area (Å²) >= 11 is 0. The molecule has 0 spiro atoms. The number of aromatic carboxylic acids is 1. The van der Waals surface area contributed by atoms with Crippen molar-refractivity contribution in [3.8, 4) is 0 Å². The van der Waals surface area contributed by atoms with Crippen LogP contribution in [0.4, 0.5) is 13.2 Å². The molecular formula is C10H7F3N4O2. The zero-order valence-electron chi connectivity index (χ0n) is 9.29. The Kier molecular flexibility index (Phi) is 3.19.